The fourth-order valence-electron chi connectivity index (χ4n) is 7.72. The van der Waals surface area contributed by atoms with E-state index in [-0.39, 0.29) is 0 Å². The van der Waals surface area contributed by atoms with Gasteiger partial charge in [-0.05, 0) is 92.3 Å². The molecule has 3 saturated carbocycles. The maximum absolute atomic E-state index is 6.30. The number of allylic oxidation sites excluding steroid dienone is 1. The van der Waals surface area contributed by atoms with Crippen molar-refractivity contribution in [3.8, 4) is 0 Å². The van der Waals surface area contributed by atoms with Crippen molar-refractivity contribution in [1.29, 1.82) is 0 Å². The molecule has 2 N–H and O–H groups in total. The van der Waals surface area contributed by atoms with Gasteiger partial charge >= 0.3 is 0 Å². The lowest BCUT2D eigenvalue weighted by atomic mass is 9.47. The Hall–Kier alpha value is -0.300. The molecule has 0 radical (unpaired) electrons. The van der Waals surface area contributed by atoms with E-state index in [4.69, 9.17) is 5.73 Å². The predicted molar refractivity (Wildman–Crippen MR) is 114 cm³/mol. The summed E-state index contributed by atoms with van der Waals surface area (Å²) in [4.78, 5) is 0. The van der Waals surface area contributed by atoms with Crippen LogP contribution in [0.15, 0.2) is 11.6 Å². The van der Waals surface area contributed by atoms with E-state index in [1.54, 1.807) is 5.57 Å². The molecular formula is C25H45N. The van der Waals surface area contributed by atoms with Crippen molar-refractivity contribution in [2.45, 2.75) is 111 Å². The molecular weight excluding hydrogens is 314 g/mol. The molecule has 7 atom stereocenters. The molecule has 3 fully saturated rings. The lowest BCUT2D eigenvalue weighted by Gasteiger charge is -2.58. The van der Waals surface area contributed by atoms with Crippen LogP contribution in [-0.4, -0.2) is 6.04 Å². The Kier molecular flexibility index (Phi) is 6.27. The van der Waals surface area contributed by atoms with E-state index in [2.05, 4.69) is 26.8 Å². The van der Waals surface area contributed by atoms with Crippen molar-refractivity contribution < 1.29 is 0 Å². The summed E-state index contributed by atoms with van der Waals surface area (Å²) < 4.78 is 0. The van der Waals surface area contributed by atoms with Crippen LogP contribution in [0.3, 0.4) is 0 Å². The van der Waals surface area contributed by atoms with Crippen LogP contribution in [-0.2, 0) is 0 Å². The van der Waals surface area contributed by atoms with E-state index in [1.165, 1.54) is 70.6 Å². The summed E-state index contributed by atoms with van der Waals surface area (Å²) in [6, 6.07) is 0.430. The van der Waals surface area contributed by atoms with Gasteiger partial charge in [0, 0.05) is 6.04 Å². The minimum absolute atomic E-state index is 0.430. The van der Waals surface area contributed by atoms with Crippen LogP contribution in [0.5, 0.6) is 0 Å². The summed E-state index contributed by atoms with van der Waals surface area (Å²) >= 11 is 0. The van der Waals surface area contributed by atoms with Gasteiger partial charge in [-0.2, -0.15) is 0 Å². The topological polar surface area (TPSA) is 26.0 Å². The molecule has 0 spiro atoms. The molecule has 0 amide bonds. The molecule has 0 saturated heterocycles. The van der Waals surface area contributed by atoms with E-state index >= 15 is 0 Å². The molecule has 1 heteroatoms. The number of nitrogens with two attached hydrogens (primary N) is 1. The van der Waals surface area contributed by atoms with Gasteiger partial charge in [0.1, 0.15) is 0 Å². The summed E-state index contributed by atoms with van der Waals surface area (Å²) in [5, 5.41) is 0. The van der Waals surface area contributed by atoms with E-state index in [1.807, 2.05) is 13.8 Å². The van der Waals surface area contributed by atoms with Crippen molar-refractivity contribution in [1.82, 2.24) is 0 Å². The minimum atomic E-state index is 0.430. The number of hydrogen-bond acceptors (Lipinski definition) is 1. The standard InChI is InChI=1S/C23H39N.C2H6/c1-4-5-6-16-8-10-20-19-9-7-17-15-18(24)11-13-23(17,3)21(19)12-14-22(16,20)2;1-2/h7,16,18-21H,4-6,8-15,24H2,1-3H3;1-2H3. The summed E-state index contributed by atoms with van der Waals surface area (Å²) in [6.07, 6.45) is 18.1. The average molecular weight is 360 g/mol. The summed E-state index contributed by atoms with van der Waals surface area (Å²) in [5.74, 6) is 3.94. The second kappa shape index (κ2) is 7.98. The Morgan fingerprint density at radius 3 is 2.54 bits per heavy atom. The highest BCUT2D eigenvalue weighted by Gasteiger charge is 2.58. The van der Waals surface area contributed by atoms with Crippen molar-refractivity contribution in [3.63, 3.8) is 0 Å². The number of unbranched alkanes of at least 4 members (excludes halogenated alkanes) is 1. The van der Waals surface area contributed by atoms with Crippen molar-refractivity contribution in [2.24, 2.45) is 40.2 Å². The molecule has 0 bridgehead atoms. The molecule has 7 unspecified atom stereocenters. The number of rotatable bonds is 3. The van der Waals surface area contributed by atoms with E-state index in [0.29, 0.717) is 16.9 Å². The van der Waals surface area contributed by atoms with Crippen LogP contribution in [0.4, 0.5) is 0 Å². The molecule has 0 aliphatic heterocycles. The summed E-state index contributed by atoms with van der Waals surface area (Å²) in [6.45, 7) is 11.6. The van der Waals surface area contributed by atoms with Crippen molar-refractivity contribution in [2.75, 3.05) is 0 Å². The van der Waals surface area contributed by atoms with Crippen LogP contribution >= 0.6 is 0 Å². The van der Waals surface area contributed by atoms with Gasteiger partial charge in [0.2, 0.25) is 0 Å². The fourth-order valence-corrected chi connectivity index (χ4v) is 7.72. The first-order chi connectivity index (χ1) is 12.5. The first-order valence-electron chi connectivity index (χ1n) is 11.9. The zero-order valence-corrected chi connectivity index (χ0v) is 18.3. The van der Waals surface area contributed by atoms with Crippen molar-refractivity contribution >= 4 is 0 Å². The Morgan fingerprint density at radius 2 is 1.81 bits per heavy atom. The van der Waals surface area contributed by atoms with Crippen LogP contribution in [0.2, 0.25) is 0 Å². The zero-order valence-electron chi connectivity index (χ0n) is 18.3. The van der Waals surface area contributed by atoms with Gasteiger partial charge in [0.15, 0.2) is 0 Å². The van der Waals surface area contributed by atoms with Crippen molar-refractivity contribution in [3.05, 3.63) is 11.6 Å². The lowest BCUT2D eigenvalue weighted by Crippen LogP contribution is -2.51. The highest BCUT2D eigenvalue weighted by Crippen LogP contribution is 2.66. The fraction of sp³-hybridized carbons (Fsp3) is 0.920. The SMILES string of the molecule is CC.CCCCC1CCC2C3CC=C4CC(N)CCC4(C)C3CCC12C. The van der Waals surface area contributed by atoms with Gasteiger partial charge in [0.05, 0.1) is 0 Å². The van der Waals surface area contributed by atoms with Crippen LogP contribution in [0.1, 0.15) is 105 Å². The quantitative estimate of drug-likeness (QED) is 0.534. The van der Waals surface area contributed by atoms with Gasteiger partial charge < -0.3 is 5.73 Å². The van der Waals surface area contributed by atoms with Crippen LogP contribution < -0.4 is 5.73 Å². The lowest BCUT2D eigenvalue weighted by molar-refractivity contribution is -0.0434. The third kappa shape index (κ3) is 3.21. The molecule has 0 heterocycles. The monoisotopic (exact) mass is 359 g/mol. The smallest absolute Gasteiger partial charge is 0.00766 e. The molecule has 0 aromatic heterocycles. The third-order valence-electron chi connectivity index (χ3n) is 9.24. The Balaban J connectivity index is 0.000000948. The maximum atomic E-state index is 6.30. The maximum Gasteiger partial charge on any atom is 0.00766 e. The van der Waals surface area contributed by atoms with Crippen LogP contribution in [0.25, 0.3) is 0 Å². The third-order valence-corrected chi connectivity index (χ3v) is 9.24. The number of fused-ring (bicyclic) bond motifs is 5. The van der Waals surface area contributed by atoms with Crippen LogP contribution in [0, 0.1) is 34.5 Å². The second-order valence-corrected chi connectivity index (χ2v) is 10.2. The van der Waals surface area contributed by atoms with Gasteiger partial charge in [0.25, 0.3) is 0 Å². The Labute approximate surface area is 163 Å². The minimum Gasteiger partial charge on any atom is -0.327 e. The average Bonchev–Trinajstić information content (AvgIpc) is 2.98. The molecule has 1 nitrogen and oxygen atoms in total. The van der Waals surface area contributed by atoms with E-state index in [9.17, 15) is 0 Å². The predicted octanol–water partition coefficient (Wildman–Crippen LogP) is 7.11. The zero-order chi connectivity index (χ0) is 18.9. The van der Waals surface area contributed by atoms with Gasteiger partial charge in [-0.15, -0.1) is 0 Å². The first kappa shape index (κ1) is 20.4. The summed E-state index contributed by atoms with van der Waals surface area (Å²) in [5.41, 5.74) is 9.18. The molecule has 4 rings (SSSR count). The second-order valence-electron chi connectivity index (χ2n) is 10.2. The van der Waals surface area contributed by atoms with E-state index in [0.717, 1.165) is 23.7 Å². The highest BCUT2D eigenvalue weighted by molar-refractivity contribution is 5.25. The molecule has 0 aromatic carbocycles. The molecule has 4 aliphatic carbocycles. The highest BCUT2D eigenvalue weighted by atomic mass is 14.7. The Bertz CT molecular complexity index is 508. The van der Waals surface area contributed by atoms with Gasteiger partial charge in [-0.3, -0.25) is 0 Å². The van der Waals surface area contributed by atoms with E-state index < -0.39 is 0 Å². The molecule has 150 valence electrons. The largest absolute Gasteiger partial charge is 0.327 e. The first-order valence-corrected chi connectivity index (χ1v) is 11.9. The molecule has 0 aromatic rings. The van der Waals surface area contributed by atoms with Gasteiger partial charge in [-0.1, -0.05) is 59.1 Å². The normalized spacial score (nSPS) is 47.0. The Morgan fingerprint density at radius 1 is 1.04 bits per heavy atom. The number of hydrogen-bond donors (Lipinski definition) is 1. The van der Waals surface area contributed by atoms with Gasteiger partial charge in [-0.25, -0.2) is 0 Å². The molecule has 4 aliphatic rings. The molecule has 26 heavy (non-hydrogen) atoms. The summed E-state index contributed by atoms with van der Waals surface area (Å²) in [7, 11) is 0.